The number of hydrogen-bond acceptors (Lipinski definition) is 2. The number of benzene rings is 1. The van der Waals surface area contributed by atoms with E-state index in [-0.39, 0.29) is 5.82 Å². The van der Waals surface area contributed by atoms with Crippen molar-refractivity contribution in [1.82, 2.24) is 10.6 Å². The van der Waals surface area contributed by atoms with Gasteiger partial charge in [-0.15, -0.1) is 0 Å². The molecule has 0 unspecified atom stereocenters. The molecular formula is C14H23FN2. The maximum atomic E-state index is 13.5. The summed E-state index contributed by atoms with van der Waals surface area (Å²) >= 11 is 0. The van der Waals surface area contributed by atoms with Gasteiger partial charge in [-0.2, -0.15) is 0 Å². The molecule has 17 heavy (non-hydrogen) atoms. The average molecular weight is 238 g/mol. The molecule has 0 saturated carbocycles. The molecule has 0 bridgehead atoms. The lowest BCUT2D eigenvalue weighted by molar-refractivity contribution is 0.530. The van der Waals surface area contributed by atoms with Crippen LogP contribution in [0.1, 0.15) is 25.0 Å². The molecule has 0 aliphatic rings. The van der Waals surface area contributed by atoms with Crippen LogP contribution in [-0.4, -0.2) is 19.6 Å². The molecule has 0 aromatic heterocycles. The maximum Gasteiger partial charge on any atom is 0.127 e. The highest BCUT2D eigenvalue weighted by Crippen LogP contribution is 2.09. The number of halogens is 1. The molecule has 1 rings (SSSR count). The monoisotopic (exact) mass is 238 g/mol. The number of rotatable bonds is 7. The van der Waals surface area contributed by atoms with Crippen molar-refractivity contribution in [2.45, 2.75) is 27.3 Å². The van der Waals surface area contributed by atoms with Crippen LogP contribution in [0.3, 0.4) is 0 Å². The smallest absolute Gasteiger partial charge is 0.127 e. The second-order valence-corrected chi connectivity index (χ2v) is 4.87. The van der Waals surface area contributed by atoms with Crippen molar-refractivity contribution < 1.29 is 4.39 Å². The van der Waals surface area contributed by atoms with Crippen LogP contribution in [0.25, 0.3) is 0 Å². The van der Waals surface area contributed by atoms with Gasteiger partial charge in [-0.05, 0) is 31.0 Å². The molecule has 0 heterocycles. The highest BCUT2D eigenvalue weighted by molar-refractivity contribution is 5.23. The van der Waals surface area contributed by atoms with Gasteiger partial charge in [0.15, 0.2) is 0 Å². The Kier molecular flexibility index (Phi) is 6.16. The van der Waals surface area contributed by atoms with E-state index in [1.54, 1.807) is 6.07 Å². The first-order valence-electron chi connectivity index (χ1n) is 6.26. The van der Waals surface area contributed by atoms with Gasteiger partial charge in [0.2, 0.25) is 0 Å². The summed E-state index contributed by atoms with van der Waals surface area (Å²) < 4.78 is 13.5. The van der Waals surface area contributed by atoms with Crippen LogP contribution in [0.5, 0.6) is 0 Å². The van der Waals surface area contributed by atoms with Crippen molar-refractivity contribution >= 4 is 0 Å². The molecule has 0 radical (unpaired) electrons. The van der Waals surface area contributed by atoms with Crippen LogP contribution in [0.2, 0.25) is 0 Å². The highest BCUT2D eigenvalue weighted by atomic mass is 19.1. The summed E-state index contributed by atoms with van der Waals surface area (Å²) in [6.45, 7) is 9.67. The van der Waals surface area contributed by atoms with E-state index >= 15 is 0 Å². The summed E-state index contributed by atoms with van der Waals surface area (Å²) in [6, 6.07) is 5.37. The van der Waals surface area contributed by atoms with Gasteiger partial charge in [0.05, 0.1) is 0 Å². The van der Waals surface area contributed by atoms with Gasteiger partial charge in [0, 0.05) is 25.2 Å². The second kappa shape index (κ2) is 7.41. The van der Waals surface area contributed by atoms with E-state index in [1.165, 1.54) is 0 Å². The van der Waals surface area contributed by atoms with Crippen LogP contribution in [-0.2, 0) is 6.54 Å². The van der Waals surface area contributed by atoms with Crippen molar-refractivity contribution in [3.8, 4) is 0 Å². The molecule has 0 atom stereocenters. The fourth-order valence-electron chi connectivity index (χ4n) is 1.59. The summed E-state index contributed by atoms with van der Waals surface area (Å²) in [7, 11) is 0. The third-order valence-corrected chi connectivity index (χ3v) is 2.56. The molecule has 0 saturated heterocycles. The summed E-state index contributed by atoms with van der Waals surface area (Å²) in [5.74, 6) is 0.553. The van der Waals surface area contributed by atoms with Crippen molar-refractivity contribution in [3.63, 3.8) is 0 Å². The first-order valence-corrected chi connectivity index (χ1v) is 6.26. The van der Waals surface area contributed by atoms with E-state index in [4.69, 9.17) is 0 Å². The highest BCUT2D eigenvalue weighted by Gasteiger charge is 2.01. The predicted molar refractivity (Wildman–Crippen MR) is 70.6 cm³/mol. The van der Waals surface area contributed by atoms with E-state index in [1.807, 2.05) is 19.1 Å². The van der Waals surface area contributed by atoms with Gasteiger partial charge in [-0.25, -0.2) is 4.39 Å². The molecule has 96 valence electrons. The SMILES string of the molecule is Cc1ccc(CNCCNCC(C)C)c(F)c1. The lowest BCUT2D eigenvalue weighted by atomic mass is 10.1. The summed E-state index contributed by atoms with van der Waals surface area (Å²) in [5.41, 5.74) is 1.70. The topological polar surface area (TPSA) is 24.1 Å². The number of aryl methyl sites for hydroxylation is 1. The van der Waals surface area contributed by atoms with E-state index < -0.39 is 0 Å². The lowest BCUT2D eigenvalue weighted by Gasteiger charge is -2.09. The van der Waals surface area contributed by atoms with Gasteiger partial charge in [0.1, 0.15) is 5.82 Å². The van der Waals surface area contributed by atoms with Crippen LogP contribution in [0.15, 0.2) is 18.2 Å². The molecule has 0 aliphatic carbocycles. The van der Waals surface area contributed by atoms with Crippen molar-refractivity contribution in [3.05, 3.63) is 35.1 Å². The molecule has 2 nitrogen and oxygen atoms in total. The van der Waals surface area contributed by atoms with Crippen LogP contribution in [0, 0.1) is 18.7 Å². The van der Waals surface area contributed by atoms with Crippen molar-refractivity contribution in [2.24, 2.45) is 5.92 Å². The van der Waals surface area contributed by atoms with Crippen LogP contribution < -0.4 is 10.6 Å². The van der Waals surface area contributed by atoms with E-state index in [0.29, 0.717) is 12.5 Å². The van der Waals surface area contributed by atoms with Crippen molar-refractivity contribution in [1.29, 1.82) is 0 Å². The fourth-order valence-corrected chi connectivity index (χ4v) is 1.59. The van der Waals surface area contributed by atoms with Gasteiger partial charge in [-0.1, -0.05) is 26.0 Å². The second-order valence-electron chi connectivity index (χ2n) is 4.87. The minimum atomic E-state index is -0.118. The van der Waals surface area contributed by atoms with E-state index in [0.717, 1.165) is 30.8 Å². The maximum absolute atomic E-state index is 13.5. The Bertz CT molecular complexity index is 337. The van der Waals surface area contributed by atoms with E-state index in [9.17, 15) is 4.39 Å². The zero-order valence-electron chi connectivity index (χ0n) is 11.0. The predicted octanol–water partition coefficient (Wildman–Crippen LogP) is 2.47. The molecule has 0 fully saturated rings. The number of nitrogens with one attached hydrogen (secondary N) is 2. The molecule has 1 aromatic rings. The first kappa shape index (κ1) is 14.1. The third-order valence-electron chi connectivity index (χ3n) is 2.56. The normalized spacial score (nSPS) is 11.1. The molecule has 0 amide bonds. The molecule has 2 N–H and O–H groups in total. The Morgan fingerprint density at radius 3 is 2.53 bits per heavy atom. The zero-order valence-corrected chi connectivity index (χ0v) is 11.0. The van der Waals surface area contributed by atoms with Crippen LogP contribution in [0.4, 0.5) is 4.39 Å². The number of hydrogen-bond donors (Lipinski definition) is 2. The Labute approximate surface area is 104 Å². The minimum Gasteiger partial charge on any atom is -0.315 e. The lowest BCUT2D eigenvalue weighted by Crippen LogP contribution is -2.29. The summed E-state index contributed by atoms with van der Waals surface area (Å²) in [6.07, 6.45) is 0. The van der Waals surface area contributed by atoms with Gasteiger partial charge in [0.25, 0.3) is 0 Å². The Morgan fingerprint density at radius 1 is 1.18 bits per heavy atom. The van der Waals surface area contributed by atoms with Crippen LogP contribution >= 0.6 is 0 Å². The van der Waals surface area contributed by atoms with Gasteiger partial charge >= 0.3 is 0 Å². The largest absolute Gasteiger partial charge is 0.315 e. The minimum absolute atomic E-state index is 0.118. The Balaban J connectivity index is 2.18. The molecule has 3 heteroatoms. The summed E-state index contributed by atoms with van der Waals surface area (Å²) in [4.78, 5) is 0. The molecule has 1 aromatic carbocycles. The quantitative estimate of drug-likeness (QED) is 0.713. The standard InChI is InChI=1S/C14H23FN2/c1-11(2)9-16-6-7-17-10-13-5-4-12(3)8-14(13)15/h4-5,8,11,16-17H,6-7,9-10H2,1-3H3. The third kappa shape index (κ3) is 5.80. The van der Waals surface area contributed by atoms with Gasteiger partial charge in [-0.3, -0.25) is 0 Å². The molecular weight excluding hydrogens is 215 g/mol. The summed E-state index contributed by atoms with van der Waals surface area (Å²) in [5, 5.41) is 6.57. The fraction of sp³-hybridized carbons (Fsp3) is 0.571. The van der Waals surface area contributed by atoms with Crippen molar-refractivity contribution in [2.75, 3.05) is 19.6 Å². The first-order chi connectivity index (χ1) is 8.09. The Hall–Kier alpha value is -0.930. The Morgan fingerprint density at radius 2 is 1.88 bits per heavy atom. The molecule has 0 aliphatic heterocycles. The zero-order chi connectivity index (χ0) is 12.7. The van der Waals surface area contributed by atoms with Gasteiger partial charge < -0.3 is 10.6 Å². The van der Waals surface area contributed by atoms with E-state index in [2.05, 4.69) is 24.5 Å². The molecule has 0 spiro atoms. The average Bonchev–Trinajstić information content (AvgIpc) is 2.25.